The van der Waals surface area contributed by atoms with Gasteiger partial charge in [-0.3, -0.25) is 0 Å². The van der Waals surface area contributed by atoms with Gasteiger partial charge in [-0.05, 0) is 48.0 Å². The first-order chi connectivity index (χ1) is 11.8. The van der Waals surface area contributed by atoms with Gasteiger partial charge in [-0.25, -0.2) is 0 Å². The van der Waals surface area contributed by atoms with Gasteiger partial charge in [-0.2, -0.15) is 23.5 Å². The van der Waals surface area contributed by atoms with Gasteiger partial charge < -0.3 is 10.2 Å². The minimum absolute atomic E-state index is 0.206. The van der Waals surface area contributed by atoms with Crippen LogP contribution in [0, 0.1) is 0 Å². The van der Waals surface area contributed by atoms with Gasteiger partial charge in [0, 0.05) is 21.3 Å². The standard InChI is InChI=1S/C16H26O2S6/c17-9-13-11-21-15(23-13)3-1-5-19-7-8-20-6-2-4-16-22-12-14(10-18)24-16/h11-12,15-18H,1-10H2. The molecule has 0 aromatic heterocycles. The molecule has 2 rings (SSSR count). The topological polar surface area (TPSA) is 40.5 Å². The molecule has 2 N–H and O–H groups in total. The predicted molar refractivity (Wildman–Crippen MR) is 121 cm³/mol. The van der Waals surface area contributed by atoms with Crippen molar-refractivity contribution in [3.05, 3.63) is 20.6 Å². The Morgan fingerprint density at radius 2 is 1.21 bits per heavy atom. The lowest BCUT2D eigenvalue weighted by atomic mass is 10.4. The van der Waals surface area contributed by atoms with Crippen LogP contribution < -0.4 is 0 Å². The summed E-state index contributed by atoms with van der Waals surface area (Å²) < 4.78 is 1.27. The fourth-order valence-corrected chi connectivity index (χ4v) is 9.33. The monoisotopic (exact) mass is 442 g/mol. The van der Waals surface area contributed by atoms with E-state index in [1.165, 1.54) is 48.7 Å². The van der Waals surface area contributed by atoms with Crippen LogP contribution in [-0.2, 0) is 0 Å². The Labute approximate surface area is 171 Å². The molecular formula is C16H26O2S6. The highest BCUT2D eigenvalue weighted by Gasteiger charge is 2.18. The zero-order valence-electron chi connectivity index (χ0n) is 13.7. The second kappa shape index (κ2) is 13.6. The summed E-state index contributed by atoms with van der Waals surface area (Å²) in [5, 5.41) is 22.4. The van der Waals surface area contributed by atoms with Crippen LogP contribution in [-0.4, -0.2) is 55.6 Å². The Balaban J connectivity index is 1.30. The Hall–Kier alpha value is 1.50. The molecule has 2 aliphatic rings. The maximum atomic E-state index is 9.07. The van der Waals surface area contributed by atoms with Crippen molar-refractivity contribution in [2.45, 2.75) is 34.8 Å². The molecule has 2 nitrogen and oxygen atoms in total. The highest BCUT2D eigenvalue weighted by molar-refractivity contribution is 8.23. The molecule has 24 heavy (non-hydrogen) atoms. The van der Waals surface area contributed by atoms with Crippen molar-refractivity contribution >= 4 is 70.6 Å². The number of thioether (sulfide) groups is 6. The highest BCUT2D eigenvalue weighted by Crippen LogP contribution is 2.42. The Morgan fingerprint density at radius 3 is 1.58 bits per heavy atom. The molecule has 2 atom stereocenters. The minimum atomic E-state index is 0.206. The smallest absolute Gasteiger partial charge is 0.0746 e. The van der Waals surface area contributed by atoms with Crippen molar-refractivity contribution in [1.29, 1.82) is 0 Å². The van der Waals surface area contributed by atoms with E-state index in [4.69, 9.17) is 10.2 Å². The van der Waals surface area contributed by atoms with Crippen molar-refractivity contribution in [2.24, 2.45) is 0 Å². The fraction of sp³-hybridized carbons (Fsp3) is 0.750. The van der Waals surface area contributed by atoms with E-state index in [9.17, 15) is 0 Å². The molecular weight excluding hydrogens is 417 g/mol. The van der Waals surface area contributed by atoms with Crippen molar-refractivity contribution in [3.8, 4) is 0 Å². The predicted octanol–water partition coefficient (Wildman–Crippen LogP) is 5.29. The lowest BCUT2D eigenvalue weighted by Crippen LogP contribution is -1.97. The van der Waals surface area contributed by atoms with Crippen molar-refractivity contribution in [1.82, 2.24) is 0 Å². The van der Waals surface area contributed by atoms with E-state index in [-0.39, 0.29) is 13.2 Å². The first-order valence-electron chi connectivity index (χ1n) is 8.21. The molecule has 0 aliphatic carbocycles. The van der Waals surface area contributed by atoms with E-state index < -0.39 is 0 Å². The van der Waals surface area contributed by atoms with E-state index >= 15 is 0 Å². The summed E-state index contributed by atoms with van der Waals surface area (Å²) in [4.78, 5) is 2.26. The van der Waals surface area contributed by atoms with Gasteiger partial charge in [0.2, 0.25) is 0 Å². The number of aliphatic hydroxyl groups is 2. The molecule has 2 unspecified atom stereocenters. The third-order valence-corrected chi connectivity index (χ3v) is 11.4. The minimum Gasteiger partial charge on any atom is -0.391 e. The third kappa shape index (κ3) is 8.93. The maximum Gasteiger partial charge on any atom is 0.0746 e. The molecule has 0 aromatic rings. The van der Waals surface area contributed by atoms with Gasteiger partial charge in [0.1, 0.15) is 0 Å². The van der Waals surface area contributed by atoms with Gasteiger partial charge in [-0.1, -0.05) is 0 Å². The molecule has 0 spiro atoms. The number of hydrogen-bond acceptors (Lipinski definition) is 8. The SMILES string of the molecule is OCC1=CSC(CCCSCCSCCCC2SC=C(CO)S2)S1. The molecule has 0 bridgehead atoms. The van der Waals surface area contributed by atoms with E-state index in [0.717, 1.165) is 9.81 Å². The van der Waals surface area contributed by atoms with Gasteiger partial charge >= 0.3 is 0 Å². The van der Waals surface area contributed by atoms with Gasteiger partial charge in [-0.15, -0.1) is 47.0 Å². The van der Waals surface area contributed by atoms with Crippen LogP contribution in [0.5, 0.6) is 0 Å². The van der Waals surface area contributed by atoms with Crippen LogP contribution in [0.25, 0.3) is 0 Å². The van der Waals surface area contributed by atoms with E-state index in [1.54, 1.807) is 0 Å². The van der Waals surface area contributed by atoms with Crippen LogP contribution in [0.4, 0.5) is 0 Å². The largest absolute Gasteiger partial charge is 0.391 e. The number of rotatable bonds is 13. The quantitative estimate of drug-likeness (QED) is 0.373. The summed E-state index contributed by atoms with van der Waals surface area (Å²) in [7, 11) is 0. The summed E-state index contributed by atoms with van der Waals surface area (Å²) in [6.07, 6.45) is 5.05. The molecule has 0 fully saturated rings. The highest BCUT2D eigenvalue weighted by atomic mass is 32.2. The van der Waals surface area contributed by atoms with Gasteiger partial charge in [0.05, 0.1) is 22.4 Å². The lowest BCUT2D eigenvalue weighted by Gasteiger charge is -2.09. The Bertz CT molecular complexity index is 377. The van der Waals surface area contributed by atoms with Crippen LogP contribution in [0.2, 0.25) is 0 Å². The number of aliphatic hydroxyl groups excluding tert-OH is 2. The zero-order valence-corrected chi connectivity index (χ0v) is 18.6. The van der Waals surface area contributed by atoms with Crippen molar-refractivity contribution < 1.29 is 10.2 Å². The third-order valence-electron chi connectivity index (χ3n) is 3.41. The first kappa shape index (κ1) is 21.8. The van der Waals surface area contributed by atoms with E-state index in [0.29, 0.717) is 9.16 Å². The molecule has 0 aromatic carbocycles. The fourth-order valence-electron chi connectivity index (χ4n) is 2.18. The van der Waals surface area contributed by atoms with E-state index in [2.05, 4.69) is 34.3 Å². The van der Waals surface area contributed by atoms with Crippen LogP contribution >= 0.6 is 70.6 Å². The summed E-state index contributed by atoms with van der Waals surface area (Å²) in [5.41, 5.74) is 0. The van der Waals surface area contributed by atoms with Crippen LogP contribution in [0.3, 0.4) is 0 Å². The average molecular weight is 443 g/mol. The second-order valence-electron chi connectivity index (χ2n) is 5.36. The summed E-state index contributed by atoms with van der Waals surface area (Å²) in [6.45, 7) is 0.411. The van der Waals surface area contributed by atoms with Crippen LogP contribution in [0.15, 0.2) is 20.6 Å². The summed E-state index contributed by atoms with van der Waals surface area (Å²) >= 11 is 11.6. The molecule has 2 aliphatic heterocycles. The molecule has 0 radical (unpaired) electrons. The first-order valence-corrected chi connectivity index (χ1v) is 14.2. The Kier molecular flexibility index (Phi) is 12.4. The molecule has 8 heteroatoms. The summed E-state index contributed by atoms with van der Waals surface area (Å²) in [5.74, 6) is 5.05. The summed E-state index contributed by atoms with van der Waals surface area (Å²) in [6, 6.07) is 0. The van der Waals surface area contributed by atoms with Crippen LogP contribution in [0.1, 0.15) is 25.7 Å². The molecule has 0 saturated heterocycles. The normalized spacial score (nSPS) is 23.6. The lowest BCUT2D eigenvalue weighted by molar-refractivity contribution is 0.339. The Morgan fingerprint density at radius 1 is 0.750 bits per heavy atom. The molecule has 138 valence electrons. The second-order valence-corrected chi connectivity index (χ2v) is 13.2. The molecule has 2 heterocycles. The average Bonchev–Trinajstić information content (AvgIpc) is 3.25. The number of hydrogen-bond donors (Lipinski definition) is 2. The molecule has 0 amide bonds. The van der Waals surface area contributed by atoms with Crippen molar-refractivity contribution in [3.63, 3.8) is 0 Å². The van der Waals surface area contributed by atoms with E-state index in [1.807, 2.05) is 47.0 Å². The van der Waals surface area contributed by atoms with Gasteiger partial charge in [0.25, 0.3) is 0 Å². The van der Waals surface area contributed by atoms with Gasteiger partial charge in [0.15, 0.2) is 0 Å². The van der Waals surface area contributed by atoms with Crippen molar-refractivity contribution in [2.75, 3.05) is 36.2 Å². The molecule has 0 saturated carbocycles. The zero-order chi connectivity index (χ0) is 17.0. The maximum absolute atomic E-state index is 9.07.